The molecule has 2 aliphatic rings. The standard InChI is InChI=1S/C18H25N3O4/c1-14-9-20(10-15-5-3-2-4-6-15)16(12-21(14)18(23)24)11-19-7-8-25-13-17(19)22/h2-6,14,16H,7-13H2,1H3,(H,23,24)/t14-,16+/m1/s1. The summed E-state index contributed by atoms with van der Waals surface area (Å²) in [6, 6.07) is 10.1. The summed E-state index contributed by atoms with van der Waals surface area (Å²) in [4.78, 5) is 29.2. The largest absolute Gasteiger partial charge is 0.465 e. The third-order valence-electron chi connectivity index (χ3n) is 4.94. The first-order chi connectivity index (χ1) is 12.0. The van der Waals surface area contributed by atoms with E-state index in [2.05, 4.69) is 17.0 Å². The molecule has 3 rings (SSSR count). The van der Waals surface area contributed by atoms with Crippen molar-refractivity contribution in [3.8, 4) is 0 Å². The van der Waals surface area contributed by atoms with Gasteiger partial charge in [-0.15, -0.1) is 0 Å². The van der Waals surface area contributed by atoms with Crippen molar-refractivity contribution in [3.05, 3.63) is 35.9 Å². The van der Waals surface area contributed by atoms with E-state index < -0.39 is 6.09 Å². The van der Waals surface area contributed by atoms with Crippen molar-refractivity contribution in [2.75, 3.05) is 39.4 Å². The van der Waals surface area contributed by atoms with Crippen LogP contribution in [0.3, 0.4) is 0 Å². The summed E-state index contributed by atoms with van der Waals surface area (Å²) in [5.41, 5.74) is 1.19. The lowest BCUT2D eigenvalue weighted by atomic mass is 10.1. The number of carboxylic acid groups (broad SMARTS) is 1. The number of morpholine rings is 1. The first-order valence-electron chi connectivity index (χ1n) is 8.67. The van der Waals surface area contributed by atoms with Crippen LogP contribution in [0.5, 0.6) is 0 Å². The molecule has 0 aliphatic carbocycles. The van der Waals surface area contributed by atoms with Crippen LogP contribution in [0, 0.1) is 0 Å². The van der Waals surface area contributed by atoms with Crippen LogP contribution in [0.1, 0.15) is 12.5 Å². The first kappa shape index (κ1) is 17.7. The van der Waals surface area contributed by atoms with Crippen LogP contribution in [-0.2, 0) is 16.1 Å². The maximum Gasteiger partial charge on any atom is 0.407 e. The molecular formula is C18H25N3O4. The Hall–Kier alpha value is -2.12. The minimum Gasteiger partial charge on any atom is -0.465 e. The van der Waals surface area contributed by atoms with Crippen LogP contribution in [0.15, 0.2) is 30.3 Å². The number of rotatable bonds is 4. The van der Waals surface area contributed by atoms with Gasteiger partial charge in [0, 0.05) is 44.8 Å². The molecule has 7 nitrogen and oxygen atoms in total. The van der Waals surface area contributed by atoms with Gasteiger partial charge in [0.2, 0.25) is 5.91 Å². The molecular weight excluding hydrogens is 322 g/mol. The van der Waals surface area contributed by atoms with E-state index in [0.29, 0.717) is 32.8 Å². The lowest BCUT2D eigenvalue weighted by molar-refractivity contribution is -0.144. The minimum absolute atomic E-state index is 0.0189. The summed E-state index contributed by atoms with van der Waals surface area (Å²) in [6.07, 6.45) is -0.898. The molecule has 2 aliphatic heterocycles. The summed E-state index contributed by atoms with van der Waals surface area (Å²) in [5.74, 6) is -0.0218. The molecule has 1 aromatic carbocycles. The molecule has 0 bridgehead atoms. The number of hydrogen-bond acceptors (Lipinski definition) is 4. The van der Waals surface area contributed by atoms with E-state index in [-0.39, 0.29) is 24.6 Å². The molecule has 2 atom stereocenters. The summed E-state index contributed by atoms with van der Waals surface area (Å²) in [7, 11) is 0. The Bertz CT molecular complexity index is 610. The summed E-state index contributed by atoms with van der Waals surface area (Å²) in [6.45, 7) is 5.51. The fourth-order valence-corrected chi connectivity index (χ4v) is 3.56. The van der Waals surface area contributed by atoms with Gasteiger partial charge >= 0.3 is 6.09 Å². The van der Waals surface area contributed by atoms with Crippen LogP contribution in [0.2, 0.25) is 0 Å². The van der Waals surface area contributed by atoms with Crippen LogP contribution < -0.4 is 0 Å². The monoisotopic (exact) mass is 347 g/mol. The Morgan fingerprint density at radius 2 is 2.04 bits per heavy atom. The smallest absolute Gasteiger partial charge is 0.407 e. The molecule has 2 amide bonds. The molecule has 0 unspecified atom stereocenters. The van der Waals surface area contributed by atoms with Crippen LogP contribution in [-0.4, -0.2) is 83.3 Å². The van der Waals surface area contributed by atoms with Crippen molar-refractivity contribution in [2.45, 2.75) is 25.6 Å². The van der Waals surface area contributed by atoms with Crippen molar-refractivity contribution in [1.82, 2.24) is 14.7 Å². The molecule has 1 N–H and O–H groups in total. The van der Waals surface area contributed by atoms with E-state index in [1.165, 1.54) is 10.5 Å². The van der Waals surface area contributed by atoms with Gasteiger partial charge in [0.1, 0.15) is 6.61 Å². The average Bonchev–Trinajstić information content (AvgIpc) is 2.59. The minimum atomic E-state index is -0.898. The molecule has 2 saturated heterocycles. The zero-order valence-corrected chi connectivity index (χ0v) is 14.5. The number of carbonyl (C=O) groups is 2. The maximum atomic E-state index is 12.1. The van der Waals surface area contributed by atoms with Gasteiger partial charge in [0.15, 0.2) is 0 Å². The molecule has 0 radical (unpaired) electrons. The highest BCUT2D eigenvalue weighted by molar-refractivity contribution is 5.78. The van der Waals surface area contributed by atoms with Crippen LogP contribution in [0.4, 0.5) is 4.79 Å². The predicted octanol–water partition coefficient (Wildman–Crippen LogP) is 1.10. The van der Waals surface area contributed by atoms with E-state index in [1.54, 1.807) is 4.90 Å². The molecule has 0 aromatic heterocycles. The fraction of sp³-hybridized carbons (Fsp3) is 0.556. The van der Waals surface area contributed by atoms with Gasteiger partial charge in [0.25, 0.3) is 0 Å². The summed E-state index contributed by atoms with van der Waals surface area (Å²) < 4.78 is 5.19. The number of benzene rings is 1. The van der Waals surface area contributed by atoms with Crippen molar-refractivity contribution in [1.29, 1.82) is 0 Å². The van der Waals surface area contributed by atoms with Gasteiger partial charge in [-0.05, 0) is 12.5 Å². The zero-order valence-electron chi connectivity index (χ0n) is 14.5. The second-order valence-electron chi connectivity index (χ2n) is 6.75. The lowest BCUT2D eigenvalue weighted by Gasteiger charge is -2.46. The number of nitrogens with zero attached hydrogens (tertiary/aromatic N) is 3. The molecule has 25 heavy (non-hydrogen) atoms. The highest BCUT2D eigenvalue weighted by atomic mass is 16.5. The van der Waals surface area contributed by atoms with E-state index in [4.69, 9.17) is 4.74 Å². The quantitative estimate of drug-likeness (QED) is 0.883. The fourth-order valence-electron chi connectivity index (χ4n) is 3.56. The predicted molar refractivity (Wildman–Crippen MR) is 92.2 cm³/mol. The SMILES string of the molecule is C[C@@H]1CN(Cc2ccccc2)[C@@H](CN2CCOCC2=O)CN1C(=O)O. The van der Waals surface area contributed by atoms with E-state index in [9.17, 15) is 14.7 Å². The number of ether oxygens (including phenoxy) is 1. The molecule has 0 spiro atoms. The zero-order chi connectivity index (χ0) is 17.8. The molecule has 136 valence electrons. The van der Waals surface area contributed by atoms with Crippen molar-refractivity contribution < 1.29 is 19.4 Å². The Morgan fingerprint density at radius 1 is 1.28 bits per heavy atom. The van der Waals surface area contributed by atoms with Crippen molar-refractivity contribution in [2.24, 2.45) is 0 Å². The molecule has 7 heteroatoms. The number of hydrogen-bond donors (Lipinski definition) is 1. The van der Waals surface area contributed by atoms with Gasteiger partial charge in [-0.1, -0.05) is 30.3 Å². The Balaban J connectivity index is 1.74. The van der Waals surface area contributed by atoms with Gasteiger partial charge in [-0.2, -0.15) is 0 Å². The Morgan fingerprint density at radius 3 is 2.72 bits per heavy atom. The highest BCUT2D eigenvalue weighted by Crippen LogP contribution is 2.20. The number of piperazine rings is 1. The molecule has 0 saturated carbocycles. The van der Waals surface area contributed by atoms with Crippen molar-refractivity contribution in [3.63, 3.8) is 0 Å². The lowest BCUT2D eigenvalue weighted by Crippen LogP contribution is -2.62. The van der Waals surface area contributed by atoms with Gasteiger partial charge in [-0.25, -0.2) is 4.79 Å². The average molecular weight is 347 g/mol. The van der Waals surface area contributed by atoms with Crippen LogP contribution >= 0.6 is 0 Å². The second kappa shape index (κ2) is 7.84. The van der Waals surface area contributed by atoms with Gasteiger partial charge in [0.05, 0.1) is 6.61 Å². The first-order valence-corrected chi connectivity index (χ1v) is 8.67. The second-order valence-corrected chi connectivity index (χ2v) is 6.75. The Labute approximate surface area is 147 Å². The topological polar surface area (TPSA) is 73.3 Å². The normalized spacial score (nSPS) is 25.2. The third kappa shape index (κ3) is 4.29. The van der Waals surface area contributed by atoms with Crippen LogP contribution in [0.25, 0.3) is 0 Å². The number of amides is 2. The maximum absolute atomic E-state index is 12.1. The summed E-state index contributed by atoms with van der Waals surface area (Å²) >= 11 is 0. The molecule has 2 heterocycles. The van der Waals surface area contributed by atoms with E-state index in [1.807, 2.05) is 25.1 Å². The third-order valence-corrected chi connectivity index (χ3v) is 4.94. The highest BCUT2D eigenvalue weighted by Gasteiger charge is 2.36. The van der Waals surface area contributed by atoms with E-state index in [0.717, 1.165) is 6.54 Å². The van der Waals surface area contributed by atoms with Gasteiger partial charge in [-0.3, -0.25) is 9.69 Å². The van der Waals surface area contributed by atoms with Gasteiger partial charge < -0.3 is 19.6 Å². The number of carbonyl (C=O) groups excluding carboxylic acids is 1. The summed E-state index contributed by atoms with van der Waals surface area (Å²) in [5, 5.41) is 9.47. The molecule has 1 aromatic rings. The van der Waals surface area contributed by atoms with E-state index >= 15 is 0 Å². The molecule has 2 fully saturated rings. The van der Waals surface area contributed by atoms with Crippen molar-refractivity contribution >= 4 is 12.0 Å². The Kier molecular flexibility index (Phi) is 5.55.